The van der Waals surface area contributed by atoms with Gasteiger partial charge in [0.1, 0.15) is 11.9 Å². The number of carbonyl (C=O) groups is 1. The second-order valence-corrected chi connectivity index (χ2v) is 5.48. The van der Waals surface area contributed by atoms with Gasteiger partial charge >= 0.3 is 0 Å². The fourth-order valence-corrected chi connectivity index (χ4v) is 2.91. The zero-order chi connectivity index (χ0) is 14.7. The van der Waals surface area contributed by atoms with Crippen LogP contribution < -0.4 is 11.1 Å². The summed E-state index contributed by atoms with van der Waals surface area (Å²) in [6.45, 7) is 0.842. The van der Waals surface area contributed by atoms with E-state index in [1.54, 1.807) is 12.4 Å². The van der Waals surface area contributed by atoms with Crippen molar-refractivity contribution in [3.8, 4) is 11.1 Å². The third-order valence-electron chi connectivity index (χ3n) is 4.04. The van der Waals surface area contributed by atoms with Gasteiger partial charge in [-0.2, -0.15) is 0 Å². The van der Waals surface area contributed by atoms with Crippen molar-refractivity contribution in [2.24, 2.45) is 5.73 Å². The molecule has 1 aliphatic rings. The molecule has 0 unspecified atom stereocenters. The molecule has 1 saturated heterocycles. The van der Waals surface area contributed by atoms with Crippen LogP contribution in [0.3, 0.4) is 0 Å². The summed E-state index contributed by atoms with van der Waals surface area (Å²) < 4.78 is 0. The van der Waals surface area contributed by atoms with Gasteiger partial charge < -0.3 is 11.1 Å². The maximum atomic E-state index is 11.8. The van der Waals surface area contributed by atoms with Crippen LogP contribution in [0, 0.1) is 0 Å². The van der Waals surface area contributed by atoms with E-state index in [2.05, 4.69) is 21.4 Å². The molecule has 5 heteroatoms. The summed E-state index contributed by atoms with van der Waals surface area (Å²) in [5.74, 6) is -0.270. The number of nitrogens with zero attached hydrogens (tertiary/aromatic N) is 2. The Morgan fingerprint density at radius 3 is 2.76 bits per heavy atom. The van der Waals surface area contributed by atoms with Crippen molar-refractivity contribution in [2.45, 2.75) is 24.8 Å². The van der Waals surface area contributed by atoms with Crippen LogP contribution in [0.5, 0.6) is 0 Å². The van der Waals surface area contributed by atoms with E-state index in [1.807, 2.05) is 18.2 Å². The lowest BCUT2D eigenvalue weighted by Crippen LogP contribution is -2.53. The summed E-state index contributed by atoms with van der Waals surface area (Å²) in [6, 6.07) is 8.10. The summed E-state index contributed by atoms with van der Waals surface area (Å²) in [7, 11) is 0. The highest BCUT2D eigenvalue weighted by Gasteiger charge is 2.39. The van der Waals surface area contributed by atoms with Gasteiger partial charge in [-0.1, -0.05) is 24.3 Å². The topological polar surface area (TPSA) is 80.9 Å². The Morgan fingerprint density at radius 1 is 1.29 bits per heavy atom. The highest BCUT2D eigenvalue weighted by Crippen LogP contribution is 2.26. The molecule has 1 amide bonds. The Hall–Kier alpha value is -2.27. The molecular formula is C16H18N4O. The molecule has 2 aromatic rings. The maximum absolute atomic E-state index is 11.8. The van der Waals surface area contributed by atoms with Gasteiger partial charge in [-0.25, -0.2) is 9.97 Å². The molecule has 1 atom stereocenters. The van der Waals surface area contributed by atoms with Crippen molar-refractivity contribution in [3.05, 3.63) is 48.5 Å². The van der Waals surface area contributed by atoms with Crippen LogP contribution in [0.4, 0.5) is 0 Å². The standard InChI is InChI=1S/C16H18N4O/c17-15(21)16(5-2-6-20-16)8-12-3-1-4-13(7-12)14-9-18-11-19-10-14/h1,3-4,7,9-11,20H,2,5-6,8H2,(H2,17,21)/t16-/m0/s1. The molecule has 0 radical (unpaired) electrons. The number of hydrogen-bond acceptors (Lipinski definition) is 4. The zero-order valence-electron chi connectivity index (χ0n) is 11.7. The van der Waals surface area contributed by atoms with Crippen molar-refractivity contribution in [1.29, 1.82) is 0 Å². The predicted octanol–water partition coefficient (Wildman–Crippen LogP) is 1.29. The van der Waals surface area contributed by atoms with Crippen LogP contribution >= 0.6 is 0 Å². The van der Waals surface area contributed by atoms with Crippen molar-refractivity contribution in [3.63, 3.8) is 0 Å². The van der Waals surface area contributed by atoms with E-state index in [9.17, 15) is 4.79 Å². The number of nitrogens with one attached hydrogen (secondary N) is 1. The molecular weight excluding hydrogens is 264 g/mol. The van der Waals surface area contributed by atoms with Crippen molar-refractivity contribution in [2.75, 3.05) is 6.54 Å². The Labute approximate surface area is 123 Å². The molecule has 0 spiro atoms. The molecule has 5 nitrogen and oxygen atoms in total. The molecule has 1 aliphatic heterocycles. The van der Waals surface area contributed by atoms with Crippen LogP contribution in [-0.4, -0.2) is 28.0 Å². The average Bonchev–Trinajstić information content (AvgIpc) is 2.98. The number of rotatable bonds is 4. The molecule has 2 heterocycles. The number of benzene rings is 1. The van der Waals surface area contributed by atoms with E-state index >= 15 is 0 Å². The molecule has 3 rings (SSSR count). The number of amides is 1. The fraction of sp³-hybridized carbons (Fsp3) is 0.312. The SMILES string of the molecule is NC(=O)[C@@]1(Cc2cccc(-c3cncnc3)c2)CCCN1. The Bertz CT molecular complexity index is 636. The van der Waals surface area contributed by atoms with Crippen molar-refractivity contribution < 1.29 is 4.79 Å². The van der Waals surface area contributed by atoms with Crippen molar-refractivity contribution >= 4 is 5.91 Å². The lowest BCUT2D eigenvalue weighted by molar-refractivity contribution is -0.123. The van der Waals surface area contributed by atoms with Crippen LogP contribution in [0.2, 0.25) is 0 Å². The first-order valence-electron chi connectivity index (χ1n) is 7.09. The van der Waals surface area contributed by atoms with Crippen LogP contribution in [0.15, 0.2) is 43.0 Å². The molecule has 0 bridgehead atoms. The van der Waals surface area contributed by atoms with E-state index in [0.29, 0.717) is 6.42 Å². The van der Waals surface area contributed by atoms with E-state index in [-0.39, 0.29) is 5.91 Å². The highest BCUT2D eigenvalue weighted by atomic mass is 16.1. The van der Waals surface area contributed by atoms with Gasteiger partial charge in [0.25, 0.3) is 0 Å². The third kappa shape index (κ3) is 2.78. The van der Waals surface area contributed by atoms with E-state index in [4.69, 9.17) is 5.73 Å². The number of hydrogen-bond donors (Lipinski definition) is 2. The Balaban J connectivity index is 1.88. The number of nitrogens with two attached hydrogens (primary N) is 1. The molecule has 108 valence electrons. The van der Waals surface area contributed by atoms with Gasteiger partial charge in [0.2, 0.25) is 5.91 Å². The summed E-state index contributed by atoms with van der Waals surface area (Å²) in [5, 5.41) is 3.28. The van der Waals surface area contributed by atoms with Crippen LogP contribution in [0.1, 0.15) is 18.4 Å². The maximum Gasteiger partial charge on any atom is 0.238 e. The fourth-order valence-electron chi connectivity index (χ4n) is 2.91. The summed E-state index contributed by atoms with van der Waals surface area (Å²) >= 11 is 0. The van der Waals surface area contributed by atoms with Crippen LogP contribution in [0.25, 0.3) is 11.1 Å². The lowest BCUT2D eigenvalue weighted by Gasteiger charge is -2.26. The van der Waals surface area contributed by atoms with Crippen molar-refractivity contribution in [1.82, 2.24) is 15.3 Å². The van der Waals surface area contributed by atoms with E-state index < -0.39 is 5.54 Å². The average molecular weight is 282 g/mol. The van der Waals surface area contributed by atoms with Gasteiger partial charge in [0, 0.05) is 18.0 Å². The summed E-state index contributed by atoms with van der Waals surface area (Å²) in [5.41, 5.74) is 8.10. The minimum absolute atomic E-state index is 0.270. The van der Waals surface area contributed by atoms with Gasteiger partial charge in [0.15, 0.2) is 0 Å². The molecule has 0 saturated carbocycles. The van der Waals surface area contributed by atoms with Gasteiger partial charge in [-0.15, -0.1) is 0 Å². The molecule has 0 aliphatic carbocycles. The van der Waals surface area contributed by atoms with E-state index in [1.165, 1.54) is 6.33 Å². The second-order valence-electron chi connectivity index (χ2n) is 5.48. The zero-order valence-corrected chi connectivity index (χ0v) is 11.7. The minimum Gasteiger partial charge on any atom is -0.368 e. The normalized spacial score (nSPS) is 21.3. The first-order chi connectivity index (χ1) is 10.2. The predicted molar refractivity (Wildman–Crippen MR) is 80.3 cm³/mol. The highest BCUT2D eigenvalue weighted by molar-refractivity contribution is 5.85. The van der Waals surface area contributed by atoms with E-state index in [0.717, 1.165) is 36.1 Å². The van der Waals surface area contributed by atoms with Gasteiger partial charge in [0.05, 0.1) is 0 Å². The van der Waals surface area contributed by atoms with Gasteiger partial charge in [-0.3, -0.25) is 4.79 Å². The van der Waals surface area contributed by atoms with Crippen LogP contribution in [-0.2, 0) is 11.2 Å². The number of aromatic nitrogens is 2. The minimum atomic E-state index is -0.605. The Kier molecular flexibility index (Phi) is 3.66. The van der Waals surface area contributed by atoms with Gasteiger partial charge in [-0.05, 0) is 36.9 Å². The molecule has 21 heavy (non-hydrogen) atoms. The lowest BCUT2D eigenvalue weighted by atomic mass is 9.88. The molecule has 1 aromatic heterocycles. The molecule has 3 N–H and O–H groups in total. The Morgan fingerprint density at radius 2 is 2.10 bits per heavy atom. The third-order valence-corrected chi connectivity index (χ3v) is 4.04. The largest absolute Gasteiger partial charge is 0.368 e. The summed E-state index contributed by atoms with van der Waals surface area (Å²) in [4.78, 5) is 19.9. The molecule has 1 aromatic carbocycles. The first kappa shape index (κ1) is 13.7. The summed E-state index contributed by atoms with van der Waals surface area (Å²) in [6.07, 6.45) is 7.46. The number of carbonyl (C=O) groups excluding carboxylic acids is 1. The first-order valence-corrected chi connectivity index (χ1v) is 7.09. The quantitative estimate of drug-likeness (QED) is 0.885. The molecule has 1 fully saturated rings. The monoisotopic (exact) mass is 282 g/mol. The number of primary amides is 1. The second kappa shape index (κ2) is 5.61. The smallest absolute Gasteiger partial charge is 0.238 e.